The maximum absolute atomic E-state index is 5.36. The Morgan fingerprint density at radius 2 is 2.44 bits per heavy atom. The Bertz CT molecular complexity index is 392. The van der Waals surface area contributed by atoms with Crippen LogP contribution < -0.4 is 16.4 Å². The maximum atomic E-state index is 5.36. The van der Waals surface area contributed by atoms with Crippen LogP contribution in [0.15, 0.2) is 12.1 Å². The minimum absolute atomic E-state index is 0.344. The molecule has 1 aliphatic rings. The number of aromatic nitrogens is 1. The van der Waals surface area contributed by atoms with E-state index >= 15 is 0 Å². The number of pyridine rings is 1. The lowest BCUT2D eigenvalue weighted by molar-refractivity contribution is 0.798. The highest BCUT2D eigenvalue weighted by Gasteiger charge is 2.09. The van der Waals surface area contributed by atoms with Crippen LogP contribution >= 0.6 is 12.2 Å². The van der Waals surface area contributed by atoms with E-state index in [1.54, 1.807) is 0 Å². The van der Waals surface area contributed by atoms with Gasteiger partial charge >= 0.3 is 0 Å². The number of rotatable bonds is 3. The normalized spacial score (nSPS) is 13.8. The Balaban J connectivity index is 1.97. The summed E-state index contributed by atoms with van der Waals surface area (Å²) >= 11 is 4.74. The summed E-state index contributed by atoms with van der Waals surface area (Å²) in [6.45, 7) is 1.76. The largest absolute Gasteiger partial charge is 0.376 e. The number of aryl methyl sites for hydroxylation is 1. The third kappa shape index (κ3) is 2.82. The Hall–Kier alpha value is -1.36. The van der Waals surface area contributed by atoms with E-state index < -0.39 is 0 Å². The molecule has 16 heavy (non-hydrogen) atoms. The van der Waals surface area contributed by atoms with Gasteiger partial charge in [0.15, 0.2) is 5.11 Å². The molecule has 0 aromatic carbocycles. The van der Waals surface area contributed by atoms with E-state index in [4.69, 9.17) is 18.0 Å². The van der Waals surface area contributed by atoms with Gasteiger partial charge in [0.2, 0.25) is 0 Å². The Labute approximate surface area is 101 Å². The molecule has 0 saturated carbocycles. The van der Waals surface area contributed by atoms with E-state index in [9.17, 15) is 0 Å². The van der Waals surface area contributed by atoms with Crippen LogP contribution in [0.3, 0.4) is 0 Å². The average Bonchev–Trinajstić information content (AvgIpc) is 2.28. The molecule has 5 heteroatoms. The highest BCUT2D eigenvalue weighted by atomic mass is 32.1. The second-order valence-electron chi connectivity index (χ2n) is 3.88. The van der Waals surface area contributed by atoms with Gasteiger partial charge in [0.25, 0.3) is 0 Å². The second-order valence-corrected chi connectivity index (χ2v) is 4.32. The van der Waals surface area contributed by atoms with Gasteiger partial charge in [-0.3, -0.25) is 0 Å². The fourth-order valence-electron chi connectivity index (χ4n) is 1.82. The first-order valence-electron chi connectivity index (χ1n) is 5.51. The minimum atomic E-state index is 0.344. The van der Waals surface area contributed by atoms with Crippen LogP contribution in [0.4, 0.5) is 5.82 Å². The van der Waals surface area contributed by atoms with Gasteiger partial charge in [-0.2, -0.15) is 0 Å². The van der Waals surface area contributed by atoms with Crippen molar-refractivity contribution in [2.24, 2.45) is 5.73 Å². The van der Waals surface area contributed by atoms with Gasteiger partial charge in [-0.1, -0.05) is 6.07 Å². The number of hydrogen-bond acceptors (Lipinski definition) is 3. The predicted molar refractivity (Wildman–Crippen MR) is 69.5 cm³/mol. The summed E-state index contributed by atoms with van der Waals surface area (Å²) in [4.78, 5) is 4.57. The van der Waals surface area contributed by atoms with Crippen molar-refractivity contribution in [2.45, 2.75) is 19.3 Å². The first-order valence-corrected chi connectivity index (χ1v) is 5.92. The van der Waals surface area contributed by atoms with E-state index in [0.717, 1.165) is 37.4 Å². The third-order valence-corrected chi connectivity index (χ3v) is 2.78. The van der Waals surface area contributed by atoms with Crippen LogP contribution in [0.2, 0.25) is 0 Å². The summed E-state index contributed by atoms with van der Waals surface area (Å²) in [7, 11) is 0. The number of hydrogen-bond donors (Lipinski definition) is 3. The van der Waals surface area contributed by atoms with Crippen molar-refractivity contribution in [1.82, 2.24) is 10.3 Å². The third-order valence-electron chi connectivity index (χ3n) is 2.63. The second kappa shape index (κ2) is 5.12. The summed E-state index contributed by atoms with van der Waals surface area (Å²) in [5.74, 6) is 1.04. The molecular formula is C11H16N4S. The number of nitrogens with one attached hydrogen (secondary N) is 2. The van der Waals surface area contributed by atoms with Gasteiger partial charge in [0, 0.05) is 25.2 Å². The number of anilines is 1. The predicted octanol–water partition coefficient (Wildman–Crippen LogP) is 0.815. The number of nitrogens with zero attached hydrogens (tertiary/aromatic N) is 1. The molecule has 2 rings (SSSR count). The molecule has 2 heterocycles. The summed E-state index contributed by atoms with van der Waals surface area (Å²) in [5, 5.41) is 6.59. The Kier molecular flexibility index (Phi) is 3.56. The zero-order chi connectivity index (χ0) is 11.4. The average molecular weight is 236 g/mol. The first kappa shape index (κ1) is 11.1. The summed E-state index contributed by atoms with van der Waals surface area (Å²) in [5.41, 5.74) is 7.74. The lowest BCUT2D eigenvalue weighted by Crippen LogP contribution is -2.30. The fraction of sp³-hybridized carbons (Fsp3) is 0.455. The molecular weight excluding hydrogens is 220 g/mol. The van der Waals surface area contributed by atoms with Crippen molar-refractivity contribution in [3.8, 4) is 0 Å². The highest BCUT2D eigenvalue weighted by molar-refractivity contribution is 7.80. The summed E-state index contributed by atoms with van der Waals surface area (Å²) in [6.07, 6.45) is 3.16. The summed E-state index contributed by atoms with van der Waals surface area (Å²) in [6, 6.07) is 4.23. The lowest BCUT2D eigenvalue weighted by Gasteiger charge is -2.17. The maximum Gasteiger partial charge on any atom is 0.163 e. The number of nitrogens with two attached hydrogens (primary N) is 1. The molecule has 0 bridgehead atoms. The molecule has 4 nitrogen and oxygen atoms in total. The molecule has 0 spiro atoms. The van der Waals surface area contributed by atoms with E-state index in [1.807, 2.05) is 0 Å². The first-order chi connectivity index (χ1) is 7.75. The zero-order valence-corrected chi connectivity index (χ0v) is 9.94. The van der Waals surface area contributed by atoms with E-state index in [1.165, 1.54) is 12.0 Å². The lowest BCUT2D eigenvalue weighted by atomic mass is 10.1. The topological polar surface area (TPSA) is 63.0 Å². The van der Waals surface area contributed by atoms with Gasteiger partial charge in [0.05, 0.1) is 0 Å². The van der Waals surface area contributed by atoms with Gasteiger partial charge in [-0.05, 0) is 36.7 Å². The Morgan fingerprint density at radius 3 is 3.25 bits per heavy atom. The highest BCUT2D eigenvalue weighted by Crippen LogP contribution is 2.19. The zero-order valence-electron chi connectivity index (χ0n) is 9.12. The van der Waals surface area contributed by atoms with E-state index in [0.29, 0.717) is 5.11 Å². The van der Waals surface area contributed by atoms with Crippen LogP contribution in [-0.2, 0) is 12.8 Å². The standard InChI is InChI=1S/C11H16N4S/c12-11(16)14-7-5-9-4-3-8-2-1-6-13-10(8)15-9/h3-4H,1-2,5-7H2,(H,13,15)(H3,12,14,16). The molecule has 0 amide bonds. The van der Waals surface area contributed by atoms with E-state index in [-0.39, 0.29) is 0 Å². The van der Waals surface area contributed by atoms with Crippen LogP contribution in [0.25, 0.3) is 0 Å². The molecule has 0 unspecified atom stereocenters. The molecule has 0 aliphatic carbocycles. The van der Waals surface area contributed by atoms with Crippen molar-refractivity contribution in [3.05, 3.63) is 23.4 Å². The van der Waals surface area contributed by atoms with Crippen LogP contribution in [0.1, 0.15) is 17.7 Å². The molecule has 86 valence electrons. The SMILES string of the molecule is NC(=S)NCCc1ccc2c(n1)NCCC2. The Morgan fingerprint density at radius 1 is 1.56 bits per heavy atom. The fourth-order valence-corrected chi connectivity index (χ4v) is 1.92. The molecule has 0 saturated heterocycles. The molecule has 4 N–H and O–H groups in total. The smallest absolute Gasteiger partial charge is 0.163 e. The van der Waals surface area contributed by atoms with Gasteiger partial charge in [-0.15, -0.1) is 0 Å². The number of thiocarbonyl (C=S) groups is 1. The van der Waals surface area contributed by atoms with Gasteiger partial charge < -0.3 is 16.4 Å². The van der Waals surface area contributed by atoms with Crippen molar-refractivity contribution < 1.29 is 0 Å². The van der Waals surface area contributed by atoms with Gasteiger partial charge in [0.1, 0.15) is 5.82 Å². The minimum Gasteiger partial charge on any atom is -0.376 e. The van der Waals surface area contributed by atoms with Gasteiger partial charge in [-0.25, -0.2) is 4.98 Å². The van der Waals surface area contributed by atoms with Crippen LogP contribution in [0.5, 0.6) is 0 Å². The molecule has 1 aromatic rings. The van der Waals surface area contributed by atoms with Crippen LogP contribution in [0, 0.1) is 0 Å². The molecule has 1 aromatic heterocycles. The van der Waals surface area contributed by atoms with Crippen molar-refractivity contribution in [2.75, 3.05) is 18.4 Å². The van der Waals surface area contributed by atoms with Crippen molar-refractivity contribution in [1.29, 1.82) is 0 Å². The number of fused-ring (bicyclic) bond motifs is 1. The monoisotopic (exact) mass is 236 g/mol. The van der Waals surface area contributed by atoms with E-state index in [2.05, 4.69) is 27.8 Å². The quantitative estimate of drug-likeness (QED) is 0.678. The van der Waals surface area contributed by atoms with Crippen molar-refractivity contribution >= 4 is 23.1 Å². The summed E-state index contributed by atoms with van der Waals surface area (Å²) < 4.78 is 0. The molecule has 1 aliphatic heterocycles. The molecule has 0 atom stereocenters. The van der Waals surface area contributed by atoms with Crippen LogP contribution in [-0.4, -0.2) is 23.2 Å². The van der Waals surface area contributed by atoms with Crippen molar-refractivity contribution in [3.63, 3.8) is 0 Å². The molecule has 0 fully saturated rings. The molecule has 0 radical (unpaired) electrons.